The van der Waals surface area contributed by atoms with Gasteiger partial charge in [0.2, 0.25) is 11.7 Å². The molecule has 2 aromatic heterocycles. The summed E-state index contributed by atoms with van der Waals surface area (Å²) in [5.74, 6) is 2.14. The van der Waals surface area contributed by atoms with Crippen LogP contribution in [0.1, 0.15) is 32.1 Å². The van der Waals surface area contributed by atoms with Crippen LogP contribution in [0.4, 0.5) is 0 Å². The van der Waals surface area contributed by atoms with Gasteiger partial charge >= 0.3 is 0 Å². The van der Waals surface area contributed by atoms with Gasteiger partial charge in [0.1, 0.15) is 0 Å². The summed E-state index contributed by atoms with van der Waals surface area (Å²) in [5.41, 5.74) is 0. The van der Waals surface area contributed by atoms with Crippen molar-refractivity contribution in [1.82, 2.24) is 25.0 Å². The first-order valence-corrected chi connectivity index (χ1v) is 6.16. The van der Waals surface area contributed by atoms with Crippen LogP contribution < -0.4 is 5.32 Å². The molecule has 2 rings (SSSR count). The number of nitrogens with one attached hydrogen (secondary N) is 1. The quantitative estimate of drug-likeness (QED) is 0.871. The molecule has 0 aliphatic rings. The summed E-state index contributed by atoms with van der Waals surface area (Å²) in [6, 6.07) is 0.296. The van der Waals surface area contributed by atoms with E-state index in [1.807, 2.05) is 24.9 Å². The molecule has 0 saturated carbocycles. The Bertz CT molecular complexity index is 504. The molecule has 18 heavy (non-hydrogen) atoms. The Morgan fingerprint density at radius 2 is 2.28 bits per heavy atom. The number of aromatic nitrogens is 4. The molecule has 0 fully saturated rings. The summed E-state index contributed by atoms with van der Waals surface area (Å²) in [4.78, 5) is 8.66. The molecule has 2 unspecified atom stereocenters. The van der Waals surface area contributed by atoms with Crippen molar-refractivity contribution in [3.63, 3.8) is 0 Å². The molecule has 0 saturated heterocycles. The van der Waals surface area contributed by atoms with Crippen molar-refractivity contribution < 1.29 is 4.52 Å². The lowest BCUT2D eigenvalue weighted by Gasteiger charge is -2.17. The number of rotatable bonds is 5. The third-order valence-corrected chi connectivity index (χ3v) is 3.28. The highest BCUT2D eigenvalue weighted by molar-refractivity contribution is 5.42. The van der Waals surface area contributed by atoms with Gasteiger partial charge in [-0.3, -0.25) is 0 Å². The van der Waals surface area contributed by atoms with E-state index in [4.69, 9.17) is 4.52 Å². The van der Waals surface area contributed by atoms with Gasteiger partial charge in [-0.1, -0.05) is 12.1 Å². The van der Waals surface area contributed by atoms with Crippen molar-refractivity contribution in [3.05, 3.63) is 18.3 Å². The molecule has 0 radical (unpaired) electrons. The molecule has 6 heteroatoms. The standard InChI is InChI=1S/C12H19N5O/c1-5-9(8(2)13-3)12-15-10(16-18-12)11-14-6-7-17(11)4/h6-9,13H,5H2,1-4H3. The van der Waals surface area contributed by atoms with E-state index in [1.54, 1.807) is 6.20 Å². The molecule has 0 aliphatic heterocycles. The van der Waals surface area contributed by atoms with Crippen LogP contribution >= 0.6 is 0 Å². The molecule has 2 aromatic rings. The summed E-state index contributed by atoms with van der Waals surface area (Å²) in [6.07, 6.45) is 4.53. The second-order valence-corrected chi connectivity index (χ2v) is 4.41. The predicted molar refractivity (Wildman–Crippen MR) is 68.1 cm³/mol. The zero-order valence-corrected chi connectivity index (χ0v) is 11.2. The van der Waals surface area contributed by atoms with Gasteiger partial charge in [0.15, 0.2) is 5.82 Å². The van der Waals surface area contributed by atoms with Crippen molar-refractivity contribution in [2.75, 3.05) is 7.05 Å². The molecular weight excluding hydrogens is 230 g/mol. The number of aryl methyl sites for hydroxylation is 1. The maximum Gasteiger partial charge on any atom is 0.238 e. The first kappa shape index (κ1) is 12.8. The van der Waals surface area contributed by atoms with Crippen molar-refractivity contribution in [3.8, 4) is 11.6 Å². The van der Waals surface area contributed by atoms with E-state index in [-0.39, 0.29) is 5.92 Å². The number of likely N-dealkylation sites (N-methyl/N-ethyl adjacent to an activating group) is 1. The van der Waals surface area contributed by atoms with Crippen LogP contribution in [0.5, 0.6) is 0 Å². The lowest BCUT2D eigenvalue weighted by Crippen LogP contribution is -2.28. The Balaban J connectivity index is 2.27. The fraction of sp³-hybridized carbons (Fsp3) is 0.583. The Morgan fingerprint density at radius 1 is 1.50 bits per heavy atom. The van der Waals surface area contributed by atoms with Gasteiger partial charge < -0.3 is 14.4 Å². The summed E-state index contributed by atoms with van der Waals surface area (Å²) in [5, 5.41) is 7.23. The lowest BCUT2D eigenvalue weighted by atomic mass is 9.98. The normalized spacial score (nSPS) is 14.7. The SMILES string of the molecule is CCC(c1nc(-c2nccn2C)no1)C(C)NC. The summed E-state index contributed by atoms with van der Waals surface area (Å²) >= 11 is 0. The second-order valence-electron chi connectivity index (χ2n) is 4.41. The largest absolute Gasteiger partial charge is 0.338 e. The summed E-state index contributed by atoms with van der Waals surface area (Å²) in [7, 11) is 3.84. The maximum atomic E-state index is 5.36. The molecule has 0 aliphatic carbocycles. The van der Waals surface area contributed by atoms with Gasteiger partial charge in [-0.15, -0.1) is 0 Å². The number of hydrogen-bond donors (Lipinski definition) is 1. The van der Waals surface area contributed by atoms with Gasteiger partial charge in [-0.2, -0.15) is 4.98 Å². The molecule has 0 spiro atoms. The molecule has 2 heterocycles. The number of hydrogen-bond acceptors (Lipinski definition) is 5. The molecule has 0 amide bonds. The van der Waals surface area contributed by atoms with Crippen LogP contribution in [-0.4, -0.2) is 32.8 Å². The third-order valence-electron chi connectivity index (χ3n) is 3.28. The van der Waals surface area contributed by atoms with Crippen LogP contribution in [0.3, 0.4) is 0 Å². The highest BCUT2D eigenvalue weighted by atomic mass is 16.5. The van der Waals surface area contributed by atoms with Crippen LogP contribution in [-0.2, 0) is 7.05 Å². The molecule has 2 atom stereocenters. The van der Waals surface area contributed by atoms with Gasteiger partial charge in [0.25, 0.3) is 0 Å². The van der Waals surface area contributed by atoms with Crippen molar-refractivity contribution in [1.29, 1.82) is 0 Å². The van der Waals surface area contributed by atoms with E-state index in [2.05, 4.69) is 34.3 Å². The maximum absolute atomic E-state index is 5.36. The highest BCUT2D eigenvalue weighted by Crippen LogP contribution is 2.23. The number of nitrogens with zero attached hydrogens (tertiary/aromatic N) is 4. The molecular formula is C12H19N5O. The average Bonchev–Trinajstić information content (AvgIpc) is 2.98. The monoisotopic (exact) mass is 249 g/mol. The number of imidazole rings is 1. The van der Waals surface area contributed by atoms with Crippen LogP contribution in [0, 0.1) is 0 Å². The summed E-state index contributed by atoms with van der Waals surface area (Å²) < 4.78 is 7.24. The Hall–Kier alpha value is -1.69. The van der Waals surface area contributed by atoms with Crippen LogP contribution in [0.25, 0.3) is 11.6 Å². The van der Waals surface area contributed by atoms with E-state index in [1.165, 1.54) is 0 Å². The second kappa shape index (κ2) is 5.30. The van der Waals surface area contributed by atoms with Crippen LogP contribution in [0.15, 0.2) is 16.9 Å². The van der Waals surface area contributed by atoms with Crippen molar-refractivity contribution >= 4 is 0 Å². The van der Waals surface area contributed by atoms with Crippen molar-refractivity contribution in [2.24, 2.45) is 7.05 Å². The summed E-state index contributed by atoms with van der Waals surface area (Å²) in [6.45, 7) is 4.22. The Kier molecular flexibility index (Phi) is 3.76. The minimum absolute atomic E-state index is 0.219. The van der Waals surface area contributed by atoms with Crippen molar-refractivity contribution in [2.45, 2.75) is 32.2 Å². The van der Waals surface area contributed by atoms with Gasteiger partial charge in [0.05, 0.1) is 5.92 Å². The smallest absolute Gasteiger partial charge is 0.238 e. The van der Waals surface area contributed by atoms with Gasteiger partial charge in [-0.25, -0.2) is 4.98 Å². The molecule has 1 N–H and O–H groups in total. The zero-order valence-electron chi connectivity index (χ0n) is 11.2. The fourth-order valence-corrected chi connectivity index (χ4v) is 2.00. The van der Waals surface area contributed by atoms with Crippen LogP contribution in [0.2, 0.25) is 0 Å². The zero-order chi connectivity index (χ0) is 13.1. The topological polar surface area (TPSA) is 68.8 Å². The Morgan fingerprint density at radius 3 is 2.83 bits per heavy atom. The predicted octanol–water partition coefficient (Wildman–Crippen LogP) is 1.57. The first-order chi connectivity index (χ1) is 8.67. The molecule has 6 nitrogen and oxygen atoms in total. The average molecular weight is 249 g/mol. The lowest BCUT2D eigenvalue weighted by molar-refractivity contribution is 0.322. The van der Waals surface area contributed by atoms with E-state index in [0.717, 1.165) is 12.2 Å². The van der Waals surface area contributed by atoms with E-state index >= 15 is 0 Å². The first-order valence-electron chi connectivity index (χ1n) is 6.16. The van der Waals surface area contributed by atoms with Gasteiger partial charge in [-0.05, 0) is 20.4 Å². The van der Waals surface area contributed by atoms with E-state index in [9.17, 15) is 0 Å². The minimum Gasteiger partial charge on any atom is -0.338 e. The fourth-order valence-electron chi connectivity index (χ4n) is 2.00. The minimum atomic E-state index is 0.219. The van der Waals surface area contributed by atoms with E-state index in [0.29, 0.717) is 17.8 Å². The third kappa shape index (κ3) is 2.28. The highest BCUT2D eigenvalue weighted by Gasteiger charge is 2.23. The molecule has 0 aromatic carbocycles. The molecule has 0 bridgehead atoms. The van der Waals surface area contributed by atoms with E-state index < -0.39 is 0 Å². The van der Waals surface area contributed by atoms with Gasteiger partial charge in [0, 0.05) is 25.5 Å². The Labute approximate surface area is 106 Å². The molecule has 98 valence electrons.